The van der Waals surface area contributed by atoms with E-state index in [9.17, 15) is 4.57 Å². The Kier molecular flexibility index (Phi) is 6.68. The van der Waals surface area contributed by atoms with E-state index >= 15 is 0 Å². The van der Waals surface area contributed by atoms with Crippen molar-refractivity contribution in [3.8, 4) is 0 Å². The smallest absolute Gasteiger partial charge is 0.321 e. The molecular weight excluding hydrogens is 422 g/mol. The van der Waals surface area contributed by atoms with Crippen LogP contribution in [0.25, 0.3) is 0 Å². The summed E-state index contributed by atoms with van der Waals surface area (Å²) in [7, 11) is -3.05. The first-order valence-corrected chi connectivity index (χ1v) is 14.9. The highest BCUT2D eigenvalue weighted by Gasteiger charge is 2.36. The quantitative estimate of drug-likeness (QED) is 0.511. The number of hydrogen-bond donors (Lipinski definition) is 0. The van der Waals surface area contributed by atoms with Gasteiger partial charge < -0.3 is 18.1 Å². The van der Waals surface area contributed by atoms with Crippen LogP contribution in [0.15, 0.2) is 24.3 Å². The molecule has 3 rings (SSSR count). The Bertz CT molecular complexity index is 736. The predicted octanol–water partition coefficient (Wildman–Crippen LogP) is 5.98. The third-order valence-electron chi connectivity index (χ3n) is 4.32. The van der Waals surface area contributed by atoms with Gasteiger partial charge in [0.2, 0.25) is 5.69 Å². The van der Waals surface area contributed by atoms with E-state index in [-0.39, 0.29) is 10.8 Å². The maximum atomic E-state index is 12.7. The molecule has 0 aliphatic carbocycles. The fourth-order valence-corrected chi connectivity index (χ4v) is 8.72. The van der Waals surface area contributed by atoms with E-state index in [1.807, 2.05) is 38.1 Å². The fraction of sp³-hybridized carbons (Fsp3) is 0.667. The molecule has 1 aromatic rings. The molecule has 2 aliphatic heterocycles. The van der Waals surface area contributed by atoms with E-state index in [1.165, 1.54) is 0 Å². The van der Waals surface area contributed by atoms with Gasteiger partial charge in [-0.2, -0.15) is 0 Å². The molecule has 2 fully saturated rings. The number of hydrogen-bond acceptors (Lipinski definition) is 7. The van der Waals surface area contributed by atoms with E-state index in [4.69, 9.17) is 29.9 Å². The van der Waals surface area contributed by atoms with E-state index in [2.05, 4.69) is 13.8 Å². The molecule has 0 aromatic heterocycles. The highest BCUT2D eigenvalue weighted by Crippen LogP contribution is 2.65. The monoisotopic (exact) mass is 450 g/mol. The molecule has 9 heteroatoms. The van der Waals surface area contributed by atoms with Gasteiger partial charge in [0, 0.05) is 16.6 Å². The van der Waals surface area contributed by atoms with E-state index in [1.54, 1.807) is 11.4 Å². The third-order valence-corrected chi connectivity index (χ3v) is 11.3. The van der Waals surface area contributed by atoms with Crippen molar-refractivity contribution in [3.63, 3.8) is 0 Å². The summed E-state index contributed by atoms with van der Waals surface area (Å²) in [6.45, 7) is 10.5. The van der Waals surface area contributed by atoms with Crippen LogP contribution in [0.4, 0.5) is 0 Å². The minimum absolute atomic E-state index is 0.0282. The Balaban J connectivity index is 1.52. The zero-order valence-corrected chi connectivity index (χ0v) is 19.7. The van der Waals surface area contributed by atoms with Crippen LogP contribution in [0.2, 0.25) is 0 Å². The molecule has 0 radical (unpaired) electrons. The van der Waals surface area contributed by atoms with Crippen LogP contribution < -0.4 is 0 Å². The Morgan fingerprint density at radius 2 is 1.33 bits per heavy atom. The normalized spacial score (nSPS) is 25.8. The second kappa shape index (κ2) is 8.20. The van der Waals surface area contributed by atoms with E-state index in [0.29, 0.717) is 32.6 Å². The van der Waals surface area contributed by atoms with Crippen molar-refractivity contribution in [2.45, 2.75) is 39.6 Å². The van der Waals surface area contributed by atoms with Crippen LogP contribution in [0.3, 0.4) is 0 Å². The molecule has 152 valence electrons. The first-order chi connectivity index (χ1) is 12.5. The van der Waals surface area contributed by atoms with Crippen molar-refractivity contribution >= 4 is 36.5 Å². The van der Waals surface area contributed by atoms with Crippen molar-refractivity contribution in [1.29, 1.82) is 0 Å². The summed E-state index contributed by atoms with van der Waals surface area (Å²) in [6, 6.07) is 8.00. The zero-order valence-electron chi connectivity index (χ0n) is 16.3. The molecule has 2 heterocycles. The van der Waals surface area contributed by atoms with Crippen molar-refractivity contribution < 1.29 is 22.7 Å². The molecule has 0 atom stereocenters. The van der Waals surface area contributed by atoms with Crippen LogP contribution in [0.5, 0.6) is 0 Å². The minimum Gasteiger partial charge on any atom is -0.321 e. The first-order valence-electron chi connectivity index (χ1n) is 8.98. The summed E-state index contributed by atoms with van der Waals surface area (Å²) in [5.41, 5.74) is -0.236. The van der Waals surface area contributed by atoms with Crippen LogP contribution in [0.1, 0.15) is 38.8 Å². The largest absolute Gasteiger partial charge is 0.335 e. The molecule has 27 heavy (non-hydrogen) atoms. The van der Waals surface area contributed by atoms with Crippen molar-refractivity contribution in [2.75, 3.05) is 26.4 Å². The van der Waals surface area contributed by atoms with Crippen LogP contribution in [-0.2, 0) is 46.4 Å². The van der Waals surface area contributed by atoms with Gasteiger partial charge in [0.25, 0.3) is 0 Å². The summed E-state index contributed by atoms with van der Waals surface area (Å²) in [5.74, 6) is 0.733. The predicted molar refractivity (Wildman–Crippen MR) is 115 cm³/mol. The SMILES string of the molecule is CC1(C)COP(=O)(Cc2ccc(CSP3(=S)OCC(C)(C)CO3)cc2)OC1. The second-order valence-electron chi connectivity index (χ2n) is 8.73. The van der Waals surface area contributed by atoms with Gasteiger partial charge in [-0.3, -0.25) is 4.57 Å². The molecule has 0 saturated carbocycles. The lowest BCUT2D eigenvalue weighted by Gasteiger charge is -2.35. The minimum atomic E-state index is -3.05. The van der Waals surface area contributed by atoms with Crippen LogP contribution in [-0.4, -0.2) is 26.4 Å². The van der Waals surface area contributed by atoms with Gasteiger partial charge in [0.15, 0.2) is 0 Å². The lowest BCUT2D eigenvalue weighted by atomic mass is 9.97. The molecule has 0 N–H and O–H groups in total. The van der Waals surface area contributed by atoms with Crippen molar-refractivity contribution in [1.82, 2.24) is 0 Å². The van der Waals surface area contributed by atoms with Gasteiger partial charge in [0.1, 0.15) is 0 Å². The Hall–Kier alpha value is 0.290. The lowest BCUT2D eigenvalue weighted by Crippen LogP contribution is -2.29. The Morgan fingerprint density at radius 1 is 0.889 bits per heavy atom. The topological polar surface area (TPSA) is 54.0 Å². The first kappa shape index (κ1) is 22.0. The zero-order chi connectivity index (χ0) is 19.8. The van der Waals surface area contributed by atoms with Crippen LogP contribution in [0, 0.1) is 10.8 Å². The summed E-state index contributed by atoms with van der Waals surface area (Å²) < 4.78 is 35.5. The Labute approximate surface area is 171 Å². The van der Waals surface area contributed by atoms with Crippen molar-refractivity contribution in [2.24, 2.45) is 10.8 Å². The molecular formula is C18H28O5P2S2. The third kappa shape index (κ3) is 6.38. The summed E-state index contributed by atoms with van der Waals surface area (Å²) >= 11 is 7.15. The van der Waals surface area contributed by atoms with Gasteiger partial charge >= 0.3 is 7.60 Å². The molecule has 0 spiro atoms. The Morgan fingerprint density at radius 3 is 1.85 bits per heavy atom. The molecule has 2 aliphatic rings. The fourth-order valence-electron chi connectivity index (χ4n) is 2.50. The number of rotatable bonds is 5. The average molecular weight is 450 g/mol. The maximum absolute atomic E-state index is 12.7. The summed E-state index contributed by atoms with van der Waals surface area (Å²) in [4.78, 5) is 0. The standard InChI is InChI=1S/C18H28O5P2S2/c1-17(2)11-20-24(19,21-12-17)9-15-5-7-16(8-6-15)10-27-25(26)22-13-18(3,4)14-23-25/h5-8H,9-14H2,1-4H3. The highest BCUT2D eigenvalue weighted by molar-refractivity contribution is 8.67. The molecule has 1 aromatic carbocycles. The molecule has 2 saturated heterocycles. The number of benzene rings is 1. The van der Waals surface area contributed by atoms with E-state index in [0.717, 1.165) is 16.9 Å². The molecule has 0 unspecified atom stereocenters. The lowest BCUT2D eigenvalue weighted by molar-refractivity contribution is 0.0409. The van der Waals surface area contributed by atoms with Crippen LogP contribution >= 0.6 is 24.7 Å². The molecule has 0 amide bonds. The molecule has 5 nitrogen and oxygen atoms in total. The summed E-state index contributed by atoms with van der Waals surface area (Å²) in [6.07, 6.45) is 0.301. The van der Waals surface area contributed by atoms with Gasteiger partial charge in [0.05, 0.1) is 32.6 Å². The van der Waals surface area contributed by atoms with Gasteiger partial charge in [-0.1, -0.05) is 63.3 Å². The maximum Gasteiger partial charge on any atom is 0.335 e. The van der Waals surface area contributed by atoms with Gasteiger partial charge in [-0.15, -0.1) is 0 Å². The average Bonchev–Trinajstić information content (AvgIpc) is 2.61. The van der Waals surface area contributed by atoms with Crippen molar-refractivity contribution in [3.05, 3.63) is 35.4 Å². The van der Waals surface area contributed by atoms with Gasteiger partial charge in [-0.05, 0) is 22.9 Å². The van der Waals surface area contributed by atoms with E-state index < -0.39 is 13.3 Å². The second-order valence-corrected chi connectivity index (χ2v) is 17.1. The molecule has 0 bridgehead atoms. The summed E-state index contributed by atoms with van der Waals surface area (Å²) in [5, 5.41) is 0. The highest BCUT2D eigenvalue weighted by atomic mass is 32.9. The van der Waals surface area contributed by atoms with Gasteiger partial charge in [-0.25, -0.2) is 0 Å².